The Morgan fingerprint density at radius 1 is 1.06 bits per heavy atom. The summed E-state index contributed by atoms with van der Waals surface area (Å²) >= 11 is 0. The van der Waals surface area contributed by atoms with Crippen LogP contribution in [-0.2, 0) is 17.8 Å². The summed E-state index contributed by atoms with van der Waals surface area (Å²) < 4.78 is 3.05. The van der Waals surface area contributed by atoms with Crippen LogP contribution in [0.3, 0.4) is 0 Å². The molecule has 0 aliphatic heterocycles. The number of aryl methyl sites for hydroxylation is 3. The Hall–Kier alpha value is -3.88. The van der Waals surface area contributed by atoms with Crippen LogP contribution < -0.4 is 10.9 Å². The SMILES string of the molecule is Cc1cc(C)nc(-n2nc(C)c(CC(=O)NCCn3ncc4ccccc4c3=O)c2C)n1. The number of hydrogen-bond acceptors (Lipinski definition) is 6. The second kappa shape index (κ2) is 8.70. The van der Waals surface area contributed by atoms with Gasteiger partial charge in [-0.25, -0.2) is 19.3 Å². The molecule has 1 aromatic carbocycles. The molecular formula is C23H25N7O2. The van der Waals surface area contributed by atoms with Crippen LogP contribution in [-0.4, -0.2) is 42.0 Å². The molecule has 32 heavy (non-hydrogen) atoms. The zero-order chi connectivity index (χ0) is 22.8. The Bertz CT molecular complexity index is 1350. The molecule has 9 heteroatoms. The fraction of sp³-hybridized carbons (Fsp3) is 0.304. The first-order valence-electron chi connectivity index (χ1n) is 10.4. The lowest BCUT2D eigenvalue weighted by Crippen LogP contribution is -2.33. The Kier molecular flexibility index (Phi) is 5.81. The minimum Gasteiger partial charge on any atom is -0.354 e. The predicted octanol–water partition coefficient (Wildman–Crippen LogP) is 1.96. The third-order valence-electron chi connectivity index (χ3n) is 5.35. The van der Waals surface area contributed by atoms with Gasteiger partial charge in [-0.1, -0.05) is 18.2 Å². The van der Waals surface area contributed by atoms with Crippen LogP contribution >= 0.6 is 0 Å². The summed E-state index contributed by atoms with van der Waals surface area (Å²) in [6.07, 6.45) is 1.84. The molecule has 1 amide bonds. The number of nitrogens with one attached hydrogen (secondary N) is 1. The van der Waals surface area contributed by atoms with Crippen molar-refractivity contribution in [1.82, 2.24) is 34.8 Å². The number of nitrogens with zero attached hydrogens (tertiary/aromatic N) is 6. The molecule has 0 unspecified atom stereocenters. The molecule has 1 N–H and O–H groups in total. The van der Waals surface area contributed by atoms with Crippen LogP contribution in [0.4, 0.5) is 0 Å². The summed E-state index contributed by atoms with van der Waals surface area (Å²) in [5, 5.41) is 13.0. The van der Waals surface area contributed by atoms with Crippen molar-refractivity contribution in [1.29, 1.82) is 0 Å². The van der Waals surface area contributed by atoms with Gasteiger partial charge in [-0.3, -0.25) is 9.59 Å². The number of rotatable bonds is 6. The Morgan fingerprint density at radius 2 is 1.78 bits per heavy atom. The monoisotopic (exact) mass is 431 g/mol. The smallest absolute Gasteiger partial charge is 0.274 e. The van der Waals surface area contributed by atoms with Crippen LogP contribution in [0.25, 0.3) is 16.7 Å². The largest absolute Gasteiger partial charge is 0.354 e. The molecule has 0 aliphatic carbocycles. The molecule has 0 radical (unpaired) electrons. The van der Waals surface area contributed by atoms with Gasteiger partial charge in [-0.2, -0.15) is 10.2 Å². The normalized spacial score (nSPS) is 11.1. The molecule has 4 aromatic rings. The lowest BCUT2D eigenvalue weighted by atomic mass is 10.1. The topological polar surface area (TPSA) is 108 Å². The second-order valence-corrected chi connectivity index (χ2v) is 7.80. The summed E-state index contributed by atoms with van der Waals surface area (Å²) in [6, 6.07) is 9.22. The molecule has 0 saturated heterocycles. The minimum absolute atomic E-state index is 0.147. The Labute approximate surface area is 185 Å². The summed E-state index contributed by atoms with van der Waals surface area (Å²) in [5.74, 6) is 0.349. The summed E-state index contributed by atoms with van der Waals surface area (Å²) in [6.45, 7) is 8.19. The number of aromatic nitrogens is 6. The van der Waals surface area contributed by atoms with E-state index in [9.17, 15) is 9.59 Å². The van der Waals surface area contributed by atoms with Gasteiger partial charge in [0.05, 0.1) is 30.2 Å². The van der Waals surface area contributed by atoms with Crippen LogP contribution in [0.5, 0.6) is 0 Å². The van der Waals surface area contributed by atoms with Gasteiger partial charge in [-0.05, 0) is 39.8 Å². The molecule has 164 valence electrons. The van der Waals surface area contributed by atoms with Gasteiger partial charge < -0.3 is 5.32 Å². The van der Waals surface area contributed by atoms with E-state index < -0.39 is 0 Å². The van der Waals surface area contributed by atoms with Gasteiger partial charge in [0.25, 0.3) is 11.5 Å². The zero-order valence-corrected chi connectivity index (χ0v) is 18.6. The van der Waals surface area contributed by atoms with Crippen LogP contribution in [0, 0.1) is 27.7 Å². The standard InChI is InChI=1S/C23H25N7O2/c1-14-11-15(2)27-23(26-14)30-17(4)20(16(3)28-30)12-21(31)24-9-10-29-22(32)19-8-6-5-7-18(19)13-25-29/h5-8,11,13H,9-10,12H2,1-4H3,(H,24,31). The molecule has 0 aliphatic rings. The number of amides is 1. The van der Waals surface area contributed by atoms with E-state index in [-0.39, 0.29) is 17.9 Å². The molecule has 0 spiro atoms. The first-order valence-corrected chi connectivity index (χ1v) is 10.4. The highest BCUT2D eigenvalue weighted by Gasteiger charge is 2.17. The fourth-order valence-corrected chi connectivity index (χ4v) is 3.74. The molecule has 0 bridgehead atoms. The van der Waals surface area contributed by atoms with Crippen molar-refractivity contribution in [3.8, 4) is 5.95 Å². The number of carbonyl (C=O) groups is 1. The minimum atomic E-state index is -0.168. The van der Waals surface area contributed by atoms with E-state index in [1.54, 1.807) is 16.9 Å². The van der Waals surface area contributed by atoms with Crippen LogP contribution in [0.2, 0.25) is 0 Å². The Morgan fingerprint density at radius 3 is 2.53 bits per heavy atom. The summed E-state index contributed by atoms with van der Waals surface area (Å²) in [5.41, 5.74) is 3.97. The highest BCUT2D eigenvalue weighted by Crippen LogP contribution is 2.17. The number of carbonyl (C=O) groups excluding carboxylic acids is 1. The molecule has 0 saturated carbocycles. The number of fused-ring (bicyclic) bond motifs is 1. The quantitative estimate of drug-likeness (QED) is 0.500. The molecule has 4 rings (SSSR count). The zero-order valence-electron chi connectivity index (χ0n) is 18.6. The van der Waals surface area contributed by atoms with Crippen LogP contribution in [0.15, 0.2) is 41.3 Å². The number of benzene rings is 1. The third-order valence-corrected chi connectivity index (χ3v) is 5.35. The second-order valence-electron chi connectivity index (χ2n) is 7.80. The van der Waals surface area contributed by atoms with Gasteiger partial charge in [0.1, 0.15) is 0 Å². The summed E-state index contributed by atoms with van der Waals surface area (Å²) in [4.78, 5) is 34.0. The lowest BCUT2D eigenvalue weighted by Gasteiger charge is -2.08. The first-order chi connectivity index (χ1) is 15.3. The average molecular weight is 432 g/mol. The van der Waals surface area contributed by atoms with E-state index in [0.717, 1.165) is 33.7 Å². The highest BCUT2D eigenvalue weighted by atomic mass is 16.1. The maximum Gasteiger partial charge on any atom is 0.274 e. The average Bonchev–Trinajstić information content (AvgIpc) is 3.03. The molecule has 0 atom stereocenters. The van der Waals surface area contributed by atoms with Crippen molar-refractivity contribution in [3.05, 3.63) is 75.2 Å². The van der Waals surface area contributed by atoms with Crippen LogP contribution in [0.1, 0.15) is 28.3 Å². The van der Waals surface area contributed by atoms with Crippen molar-refractivity contribution in [2.45, 2.75) is 40.7 Å². The van der Waals surface area contributed by atoms with Crippen molar-refractivity contribution >= 4 is 16.7 Å². The summed E-state index contributed by atoms with van der Waals surface area (Å²) in [7, 11) is 0. The van der Waals surface area contributed by atoms with Crippen molar-refractivity contribution in [2.24, 2.45) is 0 Å². The van der Waals surface area contributed by atoms with E-state index in [4.69, 9.17) is 0 Å². The van der Waals surface area contributed by atoms with Gasteiger partial charge in [0.2, 0.25) is 5.91 Å². The molecular weight excluding hydrogens is 406 g/mol. The lowest BCUT2D eigenvalue weighted by molar-refractivity contribution is -0.120. The predicted molar refractivity (Wildman–Crippen MR) is 121 cm³/mol. The van der Waals surface area contributed by atoms with Gasteiger partial charge in [-0.15, -0.1) is 0 Å². The first kappa shape index (κ1) is 21.4. The molecule has 0 fully saturated rings. The fourth-order valence-electron chi connectivity index (χ4n) is 3.74. The van der Waals surface area contributed by atoms with Crippen molar-refractivity contribution in [2.75, 3.05) is 6.54 Å². The van der Waals surface area contributed by atoms with E-state index in [1.807, 2.05) is 52.0 Å². The van der Waals surface area contributed by atoms with E-state index >= 15 is 0 Å². The van der Waals surface area contributed by atoms with E-state index in [2.05, 4.69) is 25.5 Å². The van der Waals surface area contributed by atoms with Gasteiger partial charge >= 0.3 is 0 Å². The Balaban J connectivity index is 1.43. The molecule has 3 heterocycles. The van der Waals surface area contributed by atoms with Crippen molar-refractivity contribution in [3.63, 3.8) is 0 Å². The molecule has 3 aromatic heterocycles. The third kappa shape index (κ3) is 4.27. The highest BCUT2D eigenvalue weighted by molar-refractivity contribution is 5.80. The van der Waals surface area contributed by atoms with E-state index in [0.29, 0.717) is 24.4 Å². The van der Waals surface area contributed by atoms with E-state index in [1.165, 1.54) is 4.68 Å². The number of hydrogen-bond donors (Lipinski definition) is 1. The molecule has 9 nitrogen and oxygen atoms in total. The maximum absolute atomic E-state index is 12.6. The van der Waals surface area contributed by atoms with Gasteiger partial charge in [0, 0.05) is 34.6 Å². The maximum atomic E-state index is 12.6. The van der Waals surface area contributed by atoms with Gasteiger partial charge in [0.15, 0.2) is 0 Å². The van der Waals surface area contributed by atoms with Crippen molar-refractivity contribution < 1.29 is 4.79 Å².